The molecule has 2 N–H and O–H groups in total. The van der Waals surface area contributed by atoms with Crippen LogP contribution in [0.3, 0.4) is 0 Å². The number of thioether (sulfide) groups is 1. The quantitative estimate of drug-likeness (QED) is 0.255. The van der Waals surface area contributed by atoms with E-state index in [4.69, 9.17) is 25.8 Å². The Morgan fingerprint density at radius 2 is 1.78 bits per heavy atom. The first-order valence-corrected chi connectivity index (χ1v) is 12.6. The zero-order chi connectivity index (χ0) is 25.3. The number of nitriles is 1. The molecule has 0 fully saturated rings. The average molecular weight is 522 g/mol. The largest absolute Gasteiger partial charge is 0.494 e. The summed E-state index contributed by atoms with van der Waals surface area (Å²) in [5, 5.41) is 17.1. The fraction of sp³-hybridized carbons (Fsp3) is 0.185. The summed E-state index contributed by atoms with van der Waals surface area (Å²) in [4.78, 5) is 13.1. The molecule has 1 aliphatic heterocycles. The number of nitrogens with zero attached hydrogens (tertiary/aromatic N) is 1. The van der Waals surface area contributed by atoms with Crippen LogP contribution in [0.1, 0.15) is 18.1 Å². The van der Waals surface area contributed by atoms with Gasteiger partial charge in [0.25, 0.3) is 5.91 Å². The van der Waals surface area contributed by atoms with Gasteiger partial charge in [0.1, 0.15) is 17.4 Å². The van der Waals surface area contributed by atoms with Crippen LogP contribution in [-0.4, -0.2) is 19.3 Å². The van der Waals surface area contributed by atoms with Crippen LogP contribution in [0.15, 0.2) is 77.3 Å². The summed E-state index contributed by atoms with van der Waals surface area (Å²) in [5.41, 5.74) is 2.56. The van der Waals surface area contributed by atoms with Crippen LogP contribution in [-0.2, 0) is 17.1 Å². The fourth-order valence-corrected chi connectivity index (χ4v) is 4.47. The van der Waals surface area contributed by atoms with E-state index < -0.39 is 5.91 Å². The number of rotatable bonds is 10. The lowest BCUT2D eigenvalue weighted by molar-refractivity contribution is -0.117. The molecule has 7 nitrogen and oxygen atoms in total. The SMILES string of the molecule is CCOc1ccc(NC(SCc2ccc(Cl)cc2)=C(C#N)C(=O)NCc2ccc3c(c2)OCO3)cc1. The smallest absolute Gasteiger partial charge is 0.264 e. The Morgan fingerprint density at radius 3 is 2.50 bits per heavy atom. The minimum absolute atomic E-state index is 0.0106. The Hall–Kier alpha value is -3.80. The summed E-state index contributed by atoms with van der Waals surface area (Å²) in [6.07, 6.45) is 0. The van der Waals surface area contributed by atoms with E-state index in [2.05, 4.69) is 16.7 Å². The van der Waals surface area contributed by atoms with E-state index >= 15 is 0 Å². The maximum absolute atomic E-state index is 13.1. The van der Waals surface area contributed by atoms with E-state index in [1.165, 1.54) is 11.8 Å². The Kier molecular flexibility index (Phi) is 8.61. The molecule has 0 saturated heterocycles. The monoisotopic (exact) mass is 521 g/mol. The molecule has 0 atom stereocenters. The van der Waals surface area contributed by atoms with Gasteiger partial charge in [0.2, 0.25) is 6.79 Å². The van der Waals surface area contributed by atoms with Crippen molar-refractivity contribution in [2.75, 3.05) is 18.7 Å². The number of ether oxygens (including phenoxy) is 3. The van der Waals surface area contributed by atoms with Crippen LogP contribution in [0.2, 0.25) is 5.02 Å². The van der Waals surface area contributed by atoms with Crippen molar-refractivity contribution in [3.63, 3.8) is 0 Å². The lowest BCUT2D eigenvalue weighted by atomic mass is 10.2. The van der Waals surface area contributed by atoms with Gasteiger partial charge in [-0.15, -0.1) is 11.8 Å². The number of fused-ring (bicyclic) bond motifs is 1. The maximum atomic E-state index is 13.1. The number of hydrogen-bond donors (Lipinski definition) is 2. The van der Waals surface area contributed by atoms with Gasteiger partial charge in [-0.3, -0.25) is 4.79 Å². The van der Waals surface area contributed by atoms with Crippen LogP contribution in [0.4, 0.5) is 5.69 Å². The first kappa shape index (κ1) is 25.3. The minimum Gasteiger partial charge on any atom is -0.494 e. The molecular formula is C27H24ClN3O4S. The molecule has 0 aliphatic carbocycles. The van der Waals surface area contributed by atoms with E-state index in [-0.39, 0.29) is 18.9 Å². The van der Waals surface area contributed by atoms with Gasteiger partial charge < -0.3 is 24.8 Å². The van der Waals surface area contributed by atoms with Crippen LogP contribution >= 0.6 is 23.4 Å². The Balaban J connectivity index is 1.52. The number of carbonyl (C=O) groups excluding carboxylic acids is 1. The van der Waals surface area contributed by atoms with E-state index in [0.717, 1.165) is 22.6 Å². The third kappa shape index (κ3) is 6.66. The topological polar surface area (TPSA) is 92.6 Å². The molecule has 9 heteroatoms. The fourth-order valence-electron chi connectivity index (χ4n) is 3.37. The number of anilines is 1. The number of amides is 1. The van der Waals surface area contributed by atoms with Gasteiger partial charge in [0, 0.05) is 23.0 Å². The molecule has 3 aromatic rings. The summed E-state index contributed by atoms with van der Waals surface area (Å²) in [5.74, 6) is 2.10. The number of hydrogen-bond acceptors (Lipinski definition) is 7. The third-order valence-electron chi connectivity index (χ3n) is 5.18. The highest BCUT2D eigenvalue weighted by atomic mass is 35.5. The summed E-state index contributed by atoms with van der Waals surface area (Å²) in [6, 6.07) is 22.3. The lowest BCUT2D eigenvalue weighted by Crippen LogP contribution is -2.25. The lowest BCUT2D eigenvalue weighted by Gasteiger charge is -2.14. The van der Waals surface area contributed by atoms with Gasteiger partial charge in [-0.05, 0) is 66.6 Å². The summed E-state index contributed by atoms with van der Waals surface area (Å²) in [7, 11) is 0. The second-order valence-corrected chi connectivity index (χ2v) is 9.11. The molecule has 184 valence electrons. The highest BCUT2D eigenvalue weighted by Gasteiger charge is 2.18. The second kappa shape index (κ2) is 12.2. The molecule has 1 aliphatic rings. The molecule has 1 heterocycles. The van der Waals surface area contributed by atoms with E-state index in [1.807, 2.05) is 67.6 Å². The molecule has 4 rings (SSSR count). The van der Waals surface area contributed by atoms with Crippen LogP contribution < -0.4 is 24.8 Å². The average Bonchev–Trinajstić information content (AvgIpc) is 3.36. The van der Waals surface area contributed by atoms with Crippen molar-refractivity contribution in [3.05, 3.63) is 93.5 Å². The van der Waals surface area contributed by atoms with Crippen molar-refractivity contribution in [2.45, 2.75) is 19.2 Å². The summed E-state index contributed by atoms with van der Waals surface area (Å²) >= 11 is 7.36. The number of carbonyl (C=O) groups is 1. The standard InChI is InChI=1S/C27H24ClN3O4S/c1-2-33-22-10-8-21(9-11-22)31-27(36-16-18-3-6-20(28)7-4-18)23(14-29)26(32)30-15-19-5-12-24-25(13-19)35-17-34-24/h3-13,31H,2,15-17H2,1H3,(H,30,32). The molecule has 0 unspecified atom stereocenters. The van der Waals surface area contributed by atoms with Crippen molar-refractivity contribution < 1.29 is 19.0 Å². The van der Waals surface area contributed by atoms with Gasteiger partial charge >= 0.3 is 0 Å². The Labute approximate surface area is 219 Å². The zero-order valence-electron chi connectivity index (χ0n) is 19.5. The molecule has 0 aromatic heterocycles. The molecule has 36 heavy (non-hydrogen) atoms. The number of nitrogens with one attached hydrogen (secondary N) is 2. The molecule has 0 saturated carbocycles. The number of halogens is 1. The highest BCUT2D eigenvalue weighted by molar-refractivity contribution is 8.02. The van der Waals surface area contributed by atoms with Gasteiger partial charge in [-0.2, -0.15) is 5.26 Å². The van der Waals surface area contributed by atoms with Crippen molar-refractivity contribution in [1.29, 1.82) is 5.26 Å². The molecule has 0 bridgehead atoms. The van der Waals surface area contributed by atoms with E-state index in [0.29, 0.717) is 33.9 Å². The maximum Gasteiger partial charge on any atom is 0.264 e. The molecular weight excluding hydrogens is 498 g/mol. The Bertz CT molecular complexity index is 1290. The van der Waals surface area contributed by atoms with Crippen molar-refractivity contribution >= 4 is 35.0 Å². The molecule has 3 aromatic carbocycles. The predicted molar refractivity (Wildman–Crippen MR) is 141 cm³/mol. The molecule has 1 amide bonds. The minimum atomic E-state index is -0.479. The molecule has 0 radical (unpaired) electrons. The number of benzene rings is 3. The normalized spacial score (nSPS) is 12.4. The van der Waals surface area contributed by atoms with Crippen molar-refractivity contribution in [3.8, 4) is 23.3 Å². The van der Waals surface area contributed by atoms with Crippen LogP contribution in [0.25, 0.3) is 0 Å². The van der Waals surface area contributed by atoms with Gasteiger partial charge in [-0.25, -0.2) is 0 Å². The van der Waals surface area contributed by atoms with Gasteiger partial charge in [0.15, 0.2) is 11.5 Å². The van der Waals surface area contributed by atoms with E-state index in [9.17, 15) is 10.1 Å². The summed E-state index contributed by atoms with van der Waals surface area (Å²) in [6.45, 7) is 2.90. The van der Waals surface area contributed by atoms with Crippen LogP contribution in [0.5, 0.6) is 17.2 Å². The zero-order valence-corrected chi connectivity index (χ0v) is 21.1. The van der Waals surface area contributed by atoms with Crippen molar-refractivity contribution in [2.24, 2.45) is 0 Å². The van der Waals surface area contributed by atoms with Gasteiger partial charge in [0.05, 0.1) is 11.6 Å². The van der Waals surface area contributed by atoms with E-state index in [1.54, 1.807) is 6.07 Å². The molecule has 0 spiro atoms. The highest BCUT2D eigenvalue weighted by Crippen LogP contribution is 2.32. The van der Waals surface area contributed by atoms with Gasteiger partial charge in [-0.1, -0.05) is 29.8 Å². The first-order valence-electron chi connectivity index (χ1n) is 11.2. The summed E-state index contributed by atoms with van der Waals surface area (Å²) < 4.78 is 16.2. The first-order chi connectivity index (χ1) is 17.6. The van der Waals surface area contributed by atoms with Crippen molar-refractivity contribution in [1.82, 2.24) is 5.32 Å². The third-order valence-corrected chi connectivity index (χ3v) is 6.50. The predicted octanol–water partition coefficient (Wildman–Crippen LogP) is 5.86. The second-order valence-electron chi connectivity index (χ2n) is 7.68. The van der Waals surface area contributed by atoms with Crippen LogP contribution in [0, 0.1) is 11.3 Å². The Morgan fingerprint density at radius 1 is 1.06 bits per heavy atom.